The molecule has 3 aromatic rings. The van der Waals surface area contributed by atoms with Gasteiger partial charge in [-0.05, 0) is 56.5 Å². The van der Waals surface area contributed by atoms with Gasteiger partial charge >= 0.3 is 0 Å². The van der Waals surface area contributed by atoms with Crippen LogP contribution >= 0.6 is 15.9 Å². The lowest BCUT2D eigenvalue weighted by Gasteiger charge is -2.29. The number of hydrogen-bond donors (Lipinski definition) is 1. The predicted molar refractivity (Wildman–Crippen MR) is 155 cm³/mol. The number of nitrogens with zero attached hydrogens (tertiary/aromatic N) is 4. The lowest BCUT2D eigenvalue weighted by molar-refractivity contribution is 0.0598. The zero-order valence-corrected chi connectivity index (χ0v) is 24.4. The van der Waals surface area contributed by atoms with Gasteiger partial charge in [0.15, 0.2) is 5.69 Å². The predicted octanol–water partition coefficient (Wildman–Crippen LogP) is 6.01. The van der Waals surface area contributed by atoms with Crippen molar-refractivity contribution in [1.29, 1.82) is 0 Å². The Morgan fingerprint density at radius 1 is 1.00 bits per heavy atom. The van der Waals surface area contributed by atoms with Crippen molar-refractivity contribution in [2.45, 2.75) is 66.0 Å². The largest absolute Gasteiger partial charge is 0.394 e. The number of benzene rings is 2. The van der Waals surface area contributed by atoms with E-state index >= 15 is 0 Å². The molecule has 0 spiro atoms. The fourth-order valence-corrected chi connectivity index (χ4v) is 4.68. The molecule has 1 aromatic heterocycles. The maximum Gasteiger partial charge on any atom is 0.274 e. The first-order chi connectivity index (χ1) is 18.3. The number of carbonyl (C=O) groups is 2. The molecule has 1 N–H and O–H groups in total. The number of aliphatic hydroxyl groups excluding tert-OH is 1. The van der Waals surface area contributed by atoms with Crippen LogP contribution in [0.2, 0.25) is 0 Å². The minimum absolute atomic E-state index is 0.0849. The Hall–Kier alpha value is -2.97. The van der Waals surface area contributed by atoms with Gasteiger partial charge in [0, 0.05) is 29.8 Å². The lowest BCUT2D eigenvalue weighted by Crippen LogP contribution is -2.40. The highest BCUT2D eigenvalue weighted by atomic mass is 79.9. The van der Waals surface area contributed by atoms with Crippen LogP contribution in [0.1, 0.15) is 78.6 Å². The summed E-state index contributed by atoms with van der Waals surface area (Å²) in [7, 11) is 0. The third kappa shape index (κ3) is 7.32. The van der Waals surface area contributed by atoms with Gasteiger partial charge in [-0.1, -0.05) is 73.0 Å². The van der Waals surface area contributed by atoms with E-state index in [1.807, 2.05) is 61.2 Å². The normalized spacial score (nSPS) is 11.8. The third-order valence-corrected chi connectivity index (χ3v) is 7.12. The van der Waals surface area contributed by atoms with Crippen molar-refractivity contribution in [1.82, 2.24) is 19.6 Å². The van der Waals surface area contributed by atoms with Gasteiger partial charge < -0.3 is 14.9 Å². The molecule has 7 nitrogen and oxygen atoms in total. The summed E-state index contributed by atoms with van der Waals surface area (Å²) >= 11 is 3.51. The van der Waals surface area contributed by atoms with Gasteiger partial charge in [0.25, 0.3) is 11.8 Å². The number of carbonyl (C=O) groups excluding carboxylic acids is 2. The molecule has 2 aromatic carbocycles. The van der Waals surface area contributed by atoms with Crippen LogP contribution in [0.5, 0.6) is 0 Å². The van der Waals surface area contributed by atoms with E-state index in [9.17, 15) is 14.7 Å². The number of unbranched alkanes of at least 4 members (excludes halogenated alkanes) is 2. The smallest absolute Gasteiger partial charge is 0.274 e. The summed E-state index contributed by atoms with van der Waals surface area (Å²) in [5.74, 6) is -0.305. The molecule has 2 amide bonds. The molecule has 1 atom stereocenters. The van der Waals surface area contributed by atoms with E-state index in [4.69, 9.17) is 0 Å². The highest BCUT2D eigenvalue weighted by Gasteiger charge is 2.26. The fourth-order valence-electron chi connectivity index (χ4n) is 4.32. The maximum atomic E-state index is 14.0. The second kappa shape index (κ2) is 14.3. The van der Waals surface area contributed by atoms with Crippen LogP contribution in [0.3, 0.4) is 0 Å². The molecule has 8 heteroatoms. The summed E-state index contributed by atoms with van der Waals surface area (Å²) < 4.78 is 2.43. The molecule has 0 fully saturated rings. The van der Waals surface area contributed by atoms with Gasteiger partial charge in [0.1, 0.15) is 0 Å². The standard InChI is InChI=1S/C30H39BrN4O3/c1-5-7-16-33(17-8-6-2)30(38)27-18-22(3)35(32-27)28-15-14-25(31)19-26(28)29(37)34(23(4)21-36)20-24-12-10-9-11-13-24/h9-15,18-19,23,36H,5-8,16-17,20-21H2,1-4H3/t23-/m0/s1. The van der Waals surface area contributed by atoms with E-state index in [1.165, 1.54) is 0 Å². The number of aryl methyl sites for hydroxylation is 1. The summed E-state index contributed by atoms with van der Waals surface area (Å²) in [6.07, 6.45) is 3.92. The zero-order chi connectivity index (χ0) is 27.7. The van der Waals surface area contributed by atoms with Gasteiger partial charge in [0.2, 0.25) is 0 Å². The Labute approximate surface area is 234 Å². The fraction of sp³-hybridized carbons (Fsp3) is 0.433. The molecule has 0 aliphatic heterocycles. The van der Waals surface area contributed by atoms with Crippen LogP contribution < -0.4 is 0 Å². The van der Waals surface area contributed by atoms with Crippen molar-refractivity contribution < 1.29 is 14.7 Å². The lowest BCUT2D eigenvalue weighted by atomic mass is 10.1. The molecule has 0 saturated heterocycles. The highest BCUT2D eigenvalue weighted by molar-refractivity contribution is 9.10. The van der Waals surface area contributed by atoms with Crippen molar-refractivity contribution in [3.05, 3.63) is 81.6 Å². The van der Waals surface area contributed by atoms with Crippen LogP contribution in [0, 0.1) is 6.92 Å². The molecule has 0 unspecified atom stereocenters. The maximum absolute atomic E-state index is 14.0. The summed E-state index contributed by atoms with van der Waals surface area (Å²) in [5.41, 5.74) is 3.14. The second-order valence-electron chi connectivity index (χ2n) is 9.69. The van der Waals surface area contributed by atoms with E-state index in [-0.39, 0.29) is 18.4 Å². The number of hydrogen-bond acceptors (Lipinski definition) is 4. The monoisotopic (exact) mass is 582 g/mol. The van der Waals surface area contributed by atoms with Gasteiger partial charge in [0.05, 0.1) is 23.9 Å². The number of aromatic nitrogens is 2. The molecule has 38 heavy (non-hydrogen) atoms. The van der Waals surface area contributed by atoms with Crippen molar-refractivity contribution in [2.75, 3.05) is 19.7 Å². The van der Waals surface area contributed by atoms with Crippen LogP contribution in [0.15, 0.2) is 59.1 Å². The first-order valence-corrected chi connectivity index (χ1v) is 14.2. The Morgan fingerprint density at radius 3 is 2.26 bits per heavy atom. The minimum Gasteiger partial charge on any atom is -0.394 e. The molecule has 204 valence electrons. The van der Waals surface area contributed by atoms with E-state index in [0.717, 1.165) is 41.4 Å². The molecule has 0 bridgehead atoms. The molecule has 0 aliphatic rings. The molecule has 1 heterocycles. The molecule has 0 radical (unpaired) electrons. The first-order valence-electron chi connectivity index (χ1n) is 13.4. The van der Waals surface area contributed by atoms with Gasteiger partial charge in [-0.2, -0.15) is 5.10 Å². The number of aliphatic hydroxyl groups is 1. The van der Waals surface area contributed by atoms with Crippen LogP contribution in [-0.2, 0) is 6.54 Å². The highest BCUT2D eigenvalue weighted by Crippen LogP contribution is 2.25. The molecular weight excluding hydrogens is 544 g/mol. The van der Waals surface area contributed by atoms with Gasteiger partial charge in [-0.25, -0.2) is 4.68 Å². The van der Waals surface area contributed by atoms with Crippen molar-refractivity contribution >= 4 is 27.7 Å². The van der Waals surface area contributed by atoms with Crippen molar-refractivity contribution in [2.24, 2.45) is 0 Å². The number of amides is 2. The summed E-state index contributed by atoms with van der Waals surface area (Å²) in [6, 6.07) is 16.6. The molecular formula is C30H39BrN4O3. The minimum atomic E-state index is -0.393. The third-order valence-electron chi connectivity index (χ3n) is 6.63. The first kappa shape index (κ1) is 29.6. The van der Waals surface area contributed by atoms with E-state index in [2.05, 4.69) is 34.9 Å². The molecule has 0 saturated carbocycles. The van der Waals surface area contributed by atoms with Gasteiger partial charge in [-0.15, -0.1) is 0 Å². The Kier molecular flexibility index (Phi) is 11.1. The summed E-state index contributed by atoms with van der Waals surface area (Å²) in [6.45, 7) is 9.56. The number of halogens is 1. The Balaban J connectivity index is 1.99. The Bertz CT molecular complexity index is 1200. The zero-order valence-electron chi connectivity index (χ0n) is 22.9. The van der Waals surface area contributed by atoms with Gasteiger partial charge in [-0.3, -0.25) is 9.59 Å². The van der Waals surface area contributed by atoms with E-state index in [0.29, 0.717) is 36.6 Å². The quantitative estimate of drug-likeness (QED) is 0.268. The van der Waals surface area contributed by atoms with Crippen LogP contribution in [-0.4, -0.2) is 62.2 Å². The average Bonchev–Trinajstić information content (AvgIpc) is 3.32. The van der Waals surface area contributed by atoms with Crippen LogP contribution in [0.4, 0.5) is 0 Å². The average molecular weight is 584 g/mol. The topological polar surface area (TPSA) is 78.7 Å². The number of rotatable bonds is 13. The summed E-state index contributed by atoms with van der Waals surface area (Å²) in [5, 5.41) is 14.6. The van der Waals surface area contributed by atoms with Crippen LogP contribution in [0.25, 0.3) is 5.69 Å². The van der Waals surface area contributed by atoms with Crippen molar-refractivity contribution in [3.8, 4) is 5.69 Å². The van der Waals surface area contributed by atoms with E-state index in [1.54, 1.807) is 21.7 Å². The Morgan fingerprint density at radius 2 is 1.66 bits per heavy atom. The van der Waals surface area contributed by atoms with Crippen molar-refractivity contribution in [3.63, 3.8) is 0 Å². The van der Waals surface area contributed by atoms with E-state index < -0.39 is 6.04 Å². The molecule has 0 aliphatic carbocycles. The summed E-state index contributed by atoms with van der Waals surface area (Å²) in [4.78, 5) is 30.9. The second-order valence-corrected chi connectivity index (χ2v) is 10.6. The molecule has 3 rings (SSSR count). The SMILES string of the molecule is CCCCN(CCCC)C(=O)c1cc(C)n(-c2ccc(Br)cc2C(=O)N(Cc2ccccc2)[C@@H](C)CO)n1.